The Hall–Kier alpha value is -2.67. The maximum atomic E-state index is 13.2. The Balaban J connectivity index is 1.71. The van der Waals surface area contributed by atoms with Gasteiger partial charge in [-0.1, -0.05) is 24.3 Å². The third-order valence-corrected chi connectivity index (χ3v) is 6.55. The largest absolute Gasteiger partial charge is 0.341 e. The SMILES string of the molecule is CCN(CC)C(=O)[C@@H](NC(=O)c1ccccc1)C1CCN(C(=O)c2cccs2)CC1. The zero-order valence-corrected chi connectivity index (χ0v) is 18.4. The van der Waals surface area contributed by atoms with E-state index in [-0.39, 0.29) is 23.6 Å². The normalized spacial score (nSPS) is 15.5. The molecule has 2 heterocycles. The molecule has 0 radical (unpaired) electrons. The number of carbonyl (C=O) groups excluding carboxylic acids is 3. The van der Waals surface area contributed by atoms with E-state index in [0.717, 1.165) is 4.88 Å². The van der Waals surface area contributed by atoms with Crippen molar-refractivity contribution >= 4 is 29.1 Å². The van der Waals surface area contributed by atoms with Crippen LogP contribution in [0.5, 0.6) is 0 Å². The molecule has 7 heteroatoms. The number of rotatable bonds is 7. The molecule has 0 unspecified atom stereocenters. The minimum atomic E-state index is -0.586. The fraction of sp³-hybridized carbons (Fsp3) is 0.435. The molecule has 1 aromatic heterocycles. The summed E-state index contributed by atoms with van der Waals surface area (Å²) in [5, 5.41) is 4.89. The van der Waals surface area contributed by atoms with Crippen LogP contribution < -0.4 is 5.32 Å². The van der Waals surface area contributed by atoms with Crippen molar-refractivity contribution in [2.75, 3.05) is 26.2 Å². The molecule has 30 heavy (non-hydrogen) atoms. The van der Waals surface area contributed by atoms with E-state index in [9.17, 15) is 14.4 Å². The van der Waals surface area contributed by atoms with Crippen molar-refractivity contribution in [2.24, 2.45) is 5.92 Å². The van der Waals surface area contributed by atoms with Crippen LogP contribution in [0, 0.1) is 5.92 Å². The van der Waals surface area contributed by atoms with Crippen LogP contribution in [0.15, 0.2) is 47.8 Å². The van der Waals surface area contributed by atoms with Crippen LogP contribution in [0.2, 0.25) is 0 Å². The Bertz CT molecular complexity index is 842. The Morgan fingerprint density at radius 3 is 2.30 bits per heavy atom. The molecule has 1 N–H and O–H groups in total. The van der Waals surface area contributed by atoms with Gasteiger partial charge in [0.1, 0.15) is 6.04 Å². The molecule has 6 nitrogen and oxygen atoms in total. The zero-order valence-electron chi connectivity index (χ0n) is 17.5. The van der Waals surface area contributed by atoms with Gasteiger partial charge in [0.05, 0.1) is 4.88 Å². The molecule has 3 amide bonds. The van der Waals surface area contributed by atoms with Crippen LogP contribution >= 0.6 is 11.3 Å². The van der Waals surface area contributed by atoms with Gasteiger partial charge in [0.2, 0.25) is 5.91 Å². The average molecular weight is 428 g/mol. The first kappa shape index (κ1) is 22.0. The standard InChI is InChI=1S/C23H29N3O3S/c1-3-25(4-2)23(29)20(24-21(27)18-9-6-5-7-10-18)17-12-14-26(15-13-17)22(28)19-11-8-16-30-19/h5-11,16-17,20H,3-4,12-15H2,1-2H3,(H,24,27)/t20-/m0/s1. The van der Waals surface area contributed by atoms with Gasteiger partial charge in [0.25, 0.3) is 11.8 Å². The Morgan fingerprint density at radius 2 is 1.73 bits per heavy atom. The molecule has 1 aliphatic rings. The summed E-state index contributed by atoms with van der Waals surface area (Å²) in [6, 6.07) is 12.1. The molecule has 2 aromatic rings. The number of nitrogens with zero attached hydrogens (tertiary/aromatic N) is 2. The van der Waals surface area contributed by atoms with E-state index in [1.807, 2.05) is 54.5 Å². The molecular formula is C23H29N3O3S. The zero-order chi connectivity index (χ0) is 21.5. The summed E-state index contributed by atoms with van der Waals surface area (Å²) in [5.41, 5.74) is 0.542. The van der Waals surface area contributed by atoms with Crippen molar-refractivity contribution in [1.82, 2.24) is 15.1 Å². The second-order valence-electron chi connectivity index (χ2n) is 7.43. The van der Waals surface area contributed by atoms with Crippen molar-refractivity contribution in [3.05, 3.63) is 58.3 Å². The highest BCUT2D eigenvalue weighted by atomic mass is 32.1. The Kier molecular flexibility index (Phi) is 7.63. The average Bonchev–Trinajstić information content (AvgIpc) is 3.33. The van der Waals surface area contributed by atoms with Crippen LogP contribution in [-0.4, -0.2) is 59.7 Å². The highest BCUT2D eigenvalue weighted by molar-refractivity contribution is 7.12. The second kappa shape index (κ2) is 10.4. The van der Waals surface area contributed by atoms with Crippen LogP contribution in [0.4, 0.5) is 0 Å². The van der Waals surface area contributed by atoms with E-state index in [1.165, 1.54) is 11.3 Å². The summed E-state index contributed by atoms with van der Waals surface area (Å²) >= 11 is 1.44. The first-order valence-electron chi connectivity index (χ1n) is 10.5. The topological polar surface area (TPSA) is 69.7 Å². The second-order valence-corrected chi connectivity index (χ2v) is 8.38. The maximum Gasteiger partial charge on any atom is 0.263 e. The van der Waals surface area contributed by atoms with E-state index in [2.05, 4.69) is 5.32 Å². The molecular weight excluding hydrogens is 398 g/mol. The number of likely N-dealkylation sites (N-methyl/N-ethyl adjacent to an activating group) is 1. The number of likely N-dealkylation sites (tertiary alicyclic amines) is 1. The van der Waals surface area contributed by atoms with Gasteiger partial charge in [-0.3, -0.25) is 14.4 Å². The van der Waals surface area contributed by atoms with Crippen molar-refractivity contribution in [2.45, 2.75) is 32.7 Å². The fourth-order valence-electron chi connectivity index (χ4n) is 3.92. The van der Waals surface area contributed by atoms with Gasteiger partial charge in [-0.15, -0.1) is 11.3 Å². The fourth-order valence-corrected chi connectivity index (χ4v) is 4.61. The third kappa shape index (κ3) is 5.08. The molecule has 1 fully saturated rings. The van der Waals surface area contributed by atoms with Crippen LogP contribution in [-0.2, 0) is 4.79 Å². The summed E-state index contributed by atoms with van der Waals surface area (Å²) < 4.78 is 0. The van der Waals surface area contributed by atoms with Gasteiger partial charge in [0, 0.05) is 31.7 Å². The number of carbonyl (C=O) groups is 3. The number of amides is 3. The monoisotopic (exact) mass is 427 g/mol. The molecule has 0 bridgehead atoms. The van der Waals surface area contributed by atoms with E-state index in [0.29, 0.717) is 44.6 Å². The van der Waals surface area contributed by atoms with Gasteiger partial charge in [-0.05, 0) is 56.2 Å². The van der Waals surface area contributed by atoms with Crippen LogP contribution in [0.1, 0.15) is 46.7 Å². The van der Waals surface area contributed by atoms with Crippen molar-refractivity contribution in [3.63, 3.8) is 0 Å². The number of nitrogens with one attached hydrogen (secondary N) is 1. The van der Waals surface area contributed by atoms with Crippen molar-refractivity contribution in [3.8, 4) is 0 Å². The lowest BCUT2D eigenvalue weighted by atomic mass is 9.88. The lowest BCUT2D eigenvalue weighted by Gasteiger charge is -2.37. The van der Waals surface area contributed by atoms with Crippen LogP contribution in [0.3, 0.4) is 0 Å². The number of hydrogen-bond donors (Lipinski definition) is 1. The highest BCUT2D eigenvalue weighted by Crippen LogP contribution is 2.25. The molecule has 0 saturated carbocycles. The highest BCUT2D eigenvalue weighted by Gasteiger charge is 2.35. The molecule has 0 spiro atoms. The van der Waals surface area contributed by atoms with Gasteiger partial charge in [-0.25, -0.2) is 0 Å². The van der Waals surface area contributed by atoms with E-state index < -0.39 is 6.04 Å². The molecule has 0 aliphatic carbocycles. The molecule has 1 saturated heterocycles. The van der Waals surface area contributed by atoms with Gasteiger partial charge < -0.3 is 15.1 Å². The number of piperidine rings is 1. The first-order valence-corrected chi connectivity index (χ1v) is 11.4. The summed E-state index contributed by atoms with van der Waals surface area (Å²) in [5.74, 6) is -0.243. The summed E-state index contributed by atoms with van der Waals surface area (Å²) in [7, 11) is 0. The maximum absolute atomic E-state index is 13.2. The van der Waals surface area contributed by atoms with Crippen molar-refractivity contribution < 1.29 is 14.4 Å². The summed E-state index contributed by atoms with van der Waals surface area (Å²) in [4.78, 5) is 43.0. The smallest absolute Gasteiger partial charge is 0.263 e. The quantitative estimate of drug-likeness (QED) is 0.737. The van der Waals surface area contributed by atoms with Crippen molar-refractivity contribution in [1.29, 1.82) is 0 Å². The molecule has 160 valence electrons. The lowest BCUT2D eigenvalue weighted by molar-refractivity contribution is -0.134. The summed E-state index contributed by atoms with van der Waals surface area (Å²) in [6.07, 6.45) is 1.37. The number of benzene rings is 1. The van der Waals surface area contributed by atoms with Crippen LogP contribution in [0.25, 0.3) is 0 Å². The minimum absolute atomic E-state index is 0.00171. The van der Waals surface area contributed by atoms with Gasteiger partial charge in [0.15, 0.2) is 0 Å². The summed E-state index contributed by atoms with van der Waals surface area (Å²) in [6.45, 7) is 6.26. The van der Waals surface area contributed by atoms with E-state index >= 15 is 0 Å². The number of thiophene rings is 1. The predicted molar refractivity (Wildman–Crippen MR) is 119 cm³/mol. The van der Waals surface area contributed by atoms with Gasteiger partial charge in [-0.2, -0.15) is 0 Å². The van der Waals surface area contributed by atoms with E-state index in [4.69, 9.17) is 0 Å². The minimum Gasteiger partial charge on any atom is -0.341 e. The number of hydrogen-bond acceptors (Lipinski definition) is 4. The molecule has 1 atom stereocenters. The Morgan fingerprint density at radius 1 is 1.07 bits per heavy atom. The third-order valence-electron chi connectivity index (χ3n) is 5.69. The molecule has 1 aliphatic heterocycles. The van der Waals surface area contributed by atoms with Gasteiger partial charge >= 0.3 is 0 Å². The van der Waals surface area contributed by atoms with E-state index in [1.54, 1.807) is 17.0 Å². The predicted octanol–water partition coefficient (Wildman–Crippen LogP) is 3.27. The Labute approximate surface area is 181 Å². The first-order chi connectivity index (χ1) is 14.5. The lowest BCUT2D eigenvalue weighted by Crippen LogP contribution is -2.54. The molecule has 1 aromatic carbocycles. The molecule has 3 rings (SSSR count).